The number of rotatable bonds is 8. The number of amides is 2. The van der Waals surface area contributed by atoms with E-state index in [9.17, 15) is 14.0 Å². The molecule has 0 saturated heterocycles. The summed E-state index contributed by atoms with van der Waals surface area (Å²) in [6.07, 6.45) is 2.61. The summed E-state index contributed by atoms with van der Waals surface area (Å²) in [6.45, 7) is 0.380. The van der Waals surface area contributed by atoms with Gasteiger partial charge in [0.2, 0.25) is 11.8 Å². The summed E-state index contributed by atoms with van der Waals surface area (Å²) in [5.74, 6) is 0.845. The van der Waals surface area contributed by atoms with Crippen LogP contribution in [0, 0.1) is 11.7 Å². The fourth-order valence-electron chi connectivity index (χ4n) is 3.19. The maximum atomic E-state index is 13.9. The van der Waals surface area contributed by atoms with E-state index in [2.05, 4.69) is 10.6 Å². The minimum Gasteiger partial charge on any atom is -0.461 e. The van der Waals surface area contributed by atoms with Crippen molar-refractivity contribution in [1.29, 1.82) is 0 Å². The first-order valence-corrected chi connectivity index (χ1v) is 10.1. The number of carbonyl (C=O) groups excluding carboxylic acids is 2. The third-order valence-corrected chi connectivity index (χ3v) is 5.03. The number of carbonyl (C=O) groups is 2. The van der Waals surface area contributed by atoms with Crippen molar-refractivity contribution < 1.29 is 18.4 Å². The first kappa shape index (κ1) is 19.9. The van der Waals surface area contributed by atoms with Crippen LogP contribution in [0.25, 0.3) is 11.3 Å². The second-order valence-electron chi connectivity index (χ2n) is 7.49. The highest BCUT2D eigenvalue weighted by Crippen LogP contribution is 2.30. The molecule has 4 rings (SSSR count). The Morgan fingerprint density at radius 3 is 2.67 bits per heavy atom. The molecule has 3 aromatic rings. The van der Waals surface area contributed by atoms with Crippen molar-refractivity contribution in [2.75, 3.05) is 5.32 Å². The average molecular weight is 406 g/mol. The lowest BCUT2D eigenvalue weighted by Gasteiger charge is -2.08. The molecule has 0 radical (unpaired) electrons. The Balaban J connectivity index is 1.25. The fraction of sp³-hybridized carbons (Fsp3) is 0.250. The molecular formula is C24H23FN2O3. The van der Waals surface area contributed by atoms with Gasteiger partial charge < -0.3 is 15.1 Å². The molecule has 2 N–H and O–H groups in total. The molecule has 6 heteroatoms. The van der Waals surface area contributed by atoms with E-state index in [0.717, 1.165) is 24.1 Å². The predicted molar refractivity (Wildman–Crippen MR) is 112 cm³/mol. The number of anilines is 1. The summed E-state index contributed by atoms with van der Waals surface area (Å²) < 4.78 is 19.5. The second kappa shape index (κ2) is 8.95. The highest BCUT2D eigenvalue weighted by atomic mass is 19.1. The molecule has 0 unspecified atom stereocenters. The Kier molecular flexibility index (Phi) is 5.93. The maximum absolute atomic E-state index is 13.9. The fourth-order valence-corrected chi connectivity index (χ4v) is 3.19. The molecule has 0 bridgehead atoms. The summed E-state index contributed by atoms with van der Waals surface area (Å²) in [6, 6.07) is 17.4. The smallest absolute Gasteiger partial charge is 0.227 e. The van der Waals surface area contributed by atoms with Crippen LogP contribution in [0.2, 0.25) is 0 Å². The normalized spacial score (nSPS) is 13.1. The molecular weight excluding hydrogens is 383 g/mol. The summed E-state index contributed by atoms with van der Waals surface area (Å²) in [5, 5.41) is 5.79. The number of hydrogen-bond donors (Lipinski definition) is 2. The third kappa shape index (κ3) is 5.14. The Morgan fingerprint density at radius 2 is 1.87 bits per heavy atom. The topological polar surface area (TPSA) is 71.3 Å². The van der Waals surface area contributed by atoms with E-state index in [1.54, 1.807) is 30.3 Å². The number of nitrogens with one attached hydrogen (secondary N) is 2. The van der Waals surface area contributed by atoms with Crippen molar-refractivity contribution in [3.63, 3.8) is 0 Å². The van der Waals surface area contributed by atoms with Gasteiger partial charge in [0.15, 0.2) is 0 Å². The Bertz CT molecular complexity index is 1060. The molecule has 1 saturated carbocycles. The van der Waals surface area contributed by atoms with Gasteiger partial charge in [-0.3, -0.25) is 9.59 Å². The van der Waals surface area contributed by atoms with Crippen LogP contribution in [0.15, 0.2) is 65.1 Å². The summed E-state index contributed by atoms with van der Waals surface area (Å²) in [5.41, 5.74) is 2.06. The van der Waals surface area contributed by atoms with Crippen molar-refractivity contribution in [3.8, 4) is 11.3 Å². The lowest BCUT2D eigenvalue weighted by atomic mass is 10.1. The van der Waals surface area contributed by atoms with Crippen molar-refractivity contribution >= 4 is 17.5 Å². The number of hydrogen-bond acceptors (Lipinski definition) is 3. The molecule has 30 heavy (non-hydrogen) atoms. The van der Waals surface area contributed by atoms with Crippen LogP contribution in [-0.4, -0.2) is 11.8 Å². The number of benzene rings is 2. The van der Waals surface area contributed by atoms with Crippen molar-refractivity contribution in [2.24, 2.45) is 5.92 Å². The first-order chi connectivity index (χ1) is 14.6. The van der Waals surface area contributed by atoms with Crippen LogP contribution in [-0.2, 0) is 22.6 Å². The van der Waals surface area contributed by atoms with E-state index in [0.29, 0.717) is 30.0 Å². The van der Waals surface area contributed by atoms with Gasteiger partial charge in [0.05, 0.1) is 5.56 Å². The molecule has 1 aromatic heterocycles. The van der Waals surface area contributed by atoms with Crippen LogP contribution in [0.1, 0.15) is 30.6 Å². The van der Waals surface area contributed by atoms with Gasteiger partial charge >= 0.3 is 0 Å². The van der Waals surface area contributed by atoms with Gasteiger partial charge in [-0.1, -0.05) is 24.3 Å². The molecule has 0 spiro atoms. The Labute approximate surface area is 174 Å². The number of furan rings is 1. The quantitative estimate of drug-likeness (QED) is 0.570. The van der Waals surface area contributed by atoms with Crippen LogP contribution < -0.4 is 10.6 Å². The molecule has 1 aliphatic rings. The largest absolute Gasteiger partial charge is 0.461 e. The van der Waals surface area contributed by atoms with Crippen LogP contribution >= 0.6 is 0 Å². The molecule has 2 aromatic carbocycles. The van der Waals surface area contributed by atoms with Crippen molar-refractivity contribution in [2.45, 2.75) is 32.2 Å². The first-order valence-electron chi connectivity index (χ1n) is 10.1. The minimum atomic E-state index is -0.341. The lowest BCUT2D eigenvalue weighted by molar-refractivity contribution is -0.121. The Hall–Kier alpha value is -3.41. The molecule has 2 amide bonds. The number of aryl methyl sites for hydroxylation is 1. The molecule has 154 valence electrons. The van der Waals surface area contributed by atoms with Gasteiger partial charge in [-0.15, -0.1) is 0 Å². The van der Waals surface area contributed by atoms with E-state index in [1.165, 1.54) is 6.07 Å². The third-order valence-electron chi connectivity index (χ3n) is 5.03. The second-order valence-corrected chi connectivity index (χ2v) is 7.49. The van der Waals surface area contributed by atoms with Gasteiger partial charge in [0, 0.05) is 31.0 Å². The van der Waals surface area contributed by atoms with Crippen molar-refractivity contribution in [3.05, 3.63) is 77.8 Å². The number of halogens is 1. The van der Waals surface area contributed by atoms with Gasteiger partial charge in [0.1, 0.15) is 17.3 Å². The van der Waals surface area contributed by atoms with E-state index in [4.69, 9.17) is 4.42 Å². The van der Waals surface area contributed by atoms with E-state index >= 15 is 0 Å². The lowest BCUT2D eigenvalue weighted by Crippen LogP contribution is -2.23. The van der Waals surface area contributed by atoms with Gasteiger partial charge in [-0.2, -0.15) is 0 Å². The Morgan fingerprint density at radius 1 is 1.03 bits per heavy atom. The van der Waals surface area contributed by atoms with Crippen LogP contribution in [0.5, 0.6) is 0 Å². The predicted octanol–water partition coefficient (Wildman–Crippen LogP) is 4.68. The highest BCUT2D eigenvalue weighted by molar-refractivity contribution is 5.94. The van der Waals surface area contributed by atoms with Gasteiger partial charge in [0.25, 0.3) is 0 Å². The van der Waals surface area contributed by atoms with Crippen LogP contribution in [0.3, 0.4) is 0 Å². The van der Waals surface area contributed by atoms with Gasteiger partial charge in [-0.05, 0) is 54.8 Å². The van der Waals surface area contributed by atoms with Crippen LogP contribution in [0.4, 0.5) is 10.1 Å². The van der Waals surface area contributed by atoms with E-state index in [-0.39, 0.29) is 30.0 Å². The van der Waals surface area contributed by atoms with Gasteiger partial charge in [-0.25, -0.2) is 4.39 Å². The minimum absolute atomic E-state index is 0.0596. The summed E-state index contributed by atoms with van der Waals surface area (Å²) >= 11 is 0. The molecule has 1 aliphatic carbocycles. The van der Waals surface area contributed by atoms with Crippen molar-refractivity contribution in [1.82, 2.24) is 5.32 Å². The molecule has 0 atom stereocenters. The summed E-state index contributed by atoms with van der Waals surface area (Å²) in [4.78, 5) is 24.1. The molecule has 1 fully saturated rings. The maximum Gasteiger partial charge on any atom is 0.227 e. The molecule has 1 heterocycles. The van der Waals surface area contributed by atoms with E-state index in [1.807, 2.05) is 24.3 Å². The highest BCUT2D eigenvalue weighted by Gasteiger charge is 2.29. The zero-order valence-electron chi connectivity index (χ0n) is 16.5. The molecule has 0 aliphatic heterocycles. The zero-order chi connectivity index (χ0) is 20.9. The summed E-state index contributed by atoms with van der Waals surface area (Å²) in [7, 11) is 0. The van der Waals surface area contributed by atoms with E-state index < -0.39 is 0 Å². The average Bonchev–Trinajstić information content (AvgIpc) is 3.50. The monoisotopic (exact) mass is 406 g/mol. The standard InChI is InChI=1S/C24H23FN2O3/c25-21-7-2-1-6-20(21)22-12-10-19(30-22)11-13-23(28)26-15-16-4-3-5-18(14-16)27-24(29)17-8-9-17/h1-7,10,12,14,17H,8-9,11,13,15H2,(H,26,28)(H,27,29). The molecule has 5 nitrogen and oxygen atoms in total. The zero-order valence-corrected chi connectivity index (χ0v) is 16.5. The SMILES string of the molecule is O=C(CCc1ccc(-c2ccccc2F)o1)NCc1cccc(NC(=O)C2CC2)c1.